The molecule has 0 atom stereocenters. The number of benzene rings is 1. The molecule has 0 fully saturated rings. The summed E-state index contributed by atoms with van der Waals surface area (Å²) < 4.78 is 27.8. The SMILES string of the molecule is Cc1cc(Br)c(S(=O)(=O)NCCCCl)cc1Br. The molecule has 17 heavy (non-hydrogen) atoms. The van der Waals surface area contributed by atoms with Crippen LogP contribution in [-0.4, -0.2) is 20.8 Å². The van der Waals surface area contributed by atoms with E-state index in [1.165, 1.54) is 0 Å². The molecule has 0 unspecified atom stereocenters. The molecule has 96 valence electrons. The number of hydrogen-bond acceptors (Lipinski definition) is 2. The minimum atomic E-state index is -3.49. The average Bonchev–Trinajstić information content (AvgIpc) is 2.23. The molecule has 0 aliphatic rings. The van der Waals surface area contributed by atoms with E-state index in [0.717, 1.165) is 10.0 Å². The summed E-state index contributed by atoms with van der Waals surface area (Å²) in [6, 6.07) is 3.35. The summed E-state index contributed by atoms with van der Waals surface area (Å²) in [5.74, 6) is 0.432. The predicted octanol–water partition coefficient (Wildman–Crippen LogP) is 3.43. The topological polar surface area (TPSA) is 46.2 Å². The zero-order chi connectivity index (χ0) is 13.1. The fraction of sp³-hybridized carbons (Fsp3) is 0.400. The van der Waals surface area contributed by atoms with E-state index < -0.39 is 10.0 Å². The number of aryl methyl sites for hydroxylation is 1. The van der Waals surface area contributed by atoms with E-state index in [4.69, 9.17) is 11.6 Å². The Hall–Kier alpha value is 0.380. The highest BCUT2D eigenvalue weighted by Gasteiger charge is 2.18. The van der Waals surface area contributed by atoms with Crippen molar-refractivity contribution in [2.75, 3.05) is 12.4 Å². The van der Waals surface area contributed by atoms with Gasteiger partial charge in [0.05, 0.1) is 4.90 Å². The summed E-state index contributed by atoms with van der Waals surface area (Å²) in [6.07, 6.45) is 0.603. The lowest BCUT2D eigenvalue weighted by Crippen LogP contribution is -2.25. The summed E-state index contributed by atoms with van der Waals surface area (Å²) in [5, 5.41) is 0. The van der Waals surface area contributed by atoms with Crippen molar-refractivity contribution in [2.45, 2.75) is 18.2 Å². The van der Waals surface area contributed by atoms with Gasteiger partial charge in [-0.2, -0.15) is 0 Å². The number of rotatable bonds is 5. The van der Waals surface area contributed by atoms with Crippen molar-refractivity contribution >= 4 is 53.5 Å². The van der Waals surface area contributed by atoms with Crippen molar-refractivity contribution in [3.63, 3.8) is 0 Å². The van der Waals surface area contributed by atoms with E-state index in [2.05, 4.69) is 36.6 Å². The first-order chi connectivity index (χ1) is 7.88. The van der Waals surface area contributed by atoms with Crippen LogP contribution in [0.5, 0.6) is 0 Å². The number of halogens is 3. The Bertz CT molecular complexity index is 505. The molecule has 0 spiro atoms. The summed E-state index contributed by atoms with van der Waals surface area (Å²) in [6.45, 7) is 2.23. The Morgan fingerprint density at radius 2 is 1.94 bits per heavy atom. The van der Waals surface area contributed by atoms with Crippen LogP contribution < -0.4 is 4.72 Å². The lowest BCUT2D eigenvalue weighted by molar-refractivity contribution is 0.580. The standard InChI is InChI=1S/C10H12Br2ClNO2S/c1-7-5-9(12)10(6-8(7)11)17(15,16)14-4-2-3-13/h5-6,14H,2-4H2,1H3. The number of alkyl halides is 1. The normalized spacial score (nSPS) is 11.8. The number of sulfonamides is 1. The molecule has 0 radical (unpaired) electrons. The van der Waals surface area contributed by atoms with Gasteiger partial charge in [0.15, 0.2) is 0 Å². The van der Waals surface area contributed by atoms with E-state index >= 15 is 0 Å². The van der Waals surface area contributed by atoms with E-state index in [-0.39, 0.29) is 4.90 Å². The Balaban J connectivity index is 3.03. The van der Waals surface area contributed by atoms with Gasteiger partial charge >= 0.3 is 0 Å². The lowest BCUT2D eigenvalue weighted by atomic mass is 10.2. The quantitative estimate of drug-likeness (QED) is 0.603. The van der Waals surface area contributed by atoms with Gasteiger partial charge in [0.1, 0.15) is 0 Å². The highest BCUT2D eigenvalue weighted by molar-refractivity contribution is 9.11. The maximum atomic E-state index is 12.0. The Labute approximate surface area is 123 Å². The van der Waals surface area contributed by atoms with Crippen LogP contribution in [-0.2, 0) is 10.0 Å². The second kappa shape index (κ2) is 6.52. The first kappa shape index (κ1) is 15.4. The zero-order valence-electron chi connectivity index (χ0n) is 9.13. The van der Waals surface area contributed by atoms with E-state index in [1.54, 1.807) is 12.1 Å². The van der Waals surface area contributed by atoms with E-state index in [9.17, 15) is 8.42 Å². The lowest BCUT2D eigenvalue weighted by Gasteiger charge is -2.09. The molecule has 0 aromatic heterocycles. The molecule has 0 saturated heterocycles. The van der Waals surface area contributed by atoms with Gasteiger partial charge in [-0.1, -0.05) is 15.9 Å². The molecule has 1 aromatic rings. The van der Waals surface area contributed by atoms with Crippen molar-refractivity contribution in [1.82, 2.24) is 4.72 Å². The van der Waals surface area contributed by atoms with Crippen LogP contribution in [0.15, 0.2) is 26.0 Å². The van der Waals surface area contributed by atoms with Gasteiger partial charge in [-0.15, -0.1) is 11.6 Å². The van der Waals surface area contributed by atoms with E-state index in [1.807, 2.05) is 6.92 Å². The second-order valence-electron chi connectivity index (χ2n) is 3.47. The second-order valence-corrected chi connectivity index (χ2v) is 7.29. The Kier molecular flexibility index (Phi) is 5.92. The fourth-order valence-electron chi connectivity index (χ4n) is 1.19. The molecule has 7 heteroatoms. The number of nitrogens with one attached hydrogen (secondary N) is 1. The molecule has 0 saturated carbocycles. The fourth-order valence-corrected chi connectivity index (χ4v) is 4.07. The third kappa shape index (κ3) is 4.21. The summed E-state index contributed by atoms with van der Waals surface area (Å²) in [4.78, 5) is 0.226. The third-order valence-electron chi connectivity index (χ3n) is 2.11. The van der Waals surface area contributed by atoms with E-state index in [0.29, 0.717) is 23.3 Å². The molecule has 1 rings (SSSR count). The molecule has 0 aliphatic heterocycles. The molecule has 1 aromatic carbocycles. The zero-order valence-corrected chi connectivity index (χ0v) is 13.9. The van der Waals surface area contributed by atoms with Crippen LogP contribution in [0.3, 0.4) is 0 Å². The van der Waals surface area contributed by atoms with Gasteiger partial charge in [-0.3, -0.25) is 0 Å². The smallest absolute Gasteiger partial charge is 0.211 e. The maximum Gasteiger partial charge on any atom is 0.241 e. The van der Waals surface area contributed by atoms with Crippen LogP contribution in [0.2, 0.25) is 0 Å². The molecular weight excluding hydrogens is 393 g/mol. The van der Waals surface area contributed by atoms with Gasteiger partial charge in [0, 0.05) is 21.4 Å². The Morgan fingerprint density at radius 1 is 1.29 bits per heavy atom. The summed E-state index contributed by atoms with van der Waals surface area (Å²) in [7, 11) is -3.49. The van der Waals surface area contributed by atoms with Crippen molar-refractivity contribution in [2.24, 2.45) is 0 Å². The van der Waals surface area contributed by atoms with Crippen LogP contribution >= 0.6 is 43.5 Å². The highest BCUT2D eigenvalue weighted by atomic mass is 79.9. The van der Waals surface area contributed by atoms with Gasteiger partial charge in [0.25, 0.3) is 0 Å². The van der Waals surface area contributed by atoms with Gasteiger partial charge in [0.2, 0.25) is 10.0 Å². The van der Waals surface area contributed by atoms with Gasteiger partial charge < -0.3 is 0 Å². The summed E-state index contributed by atoms with van der Waals surface area (Å²) in [5.41, 5.74) is 0.969. The monoisotopic (exact) mass is 403 g/mol. The van der Waals surface area contributed by atoms with Gasteiger partial charge in [-0.05, 0) is 47.0 Å². The first-order valence-corrected chi connectivity index (χ1v) is 8.50. The Morgan fingerprint density at radius 3 is 2.53 bits per heavy atom. The highest BCUT2D eigenvalue weighted by Crippen LogP contribution is 2.28. The van der Waals surface area contributed by atoms with Crippen molar-refractivity contribution in [1.29, 1.82) is 0 Å². The predicted molar refractivity (Wildman–Crippen MR) is 77.1 cm³/mol. The third-order valence-corrected chi connectivity index (χ3v) is 5.65. The molecule has 0 heterocycles. The summed E-state index contributed by atoms with van der Waals surface area (Å²) >= 11 is 12.1. The van der Waals surface area contributed by atoms with Crippen molar-refractivity contribution in [3.8, 4) is 0 Å². The molecule has 0 amide bonds. The molecule has 0 bridgehead atoms. The first-order valence-electron chi connectivity index (χ1n) is 4.90. The van der Waals surface area contributed by atoms with Crippen LogP contribution in [0.1, 0.15) is 12.0 Å². The molecular formula is C10H12Br2ClNO2S. The minimum Gasteiger partial charge on any atom is -0.211 e. The minimum absolute atomic E-state index is 0.226. The van der Waals surface area contributed by atoms with Gasteiger partial charge in [-0.25, -0.2) is 13.1 Å². The van der Waals surface area contributed by atoms with Crippen LogP contribution in [0.25, 0.3) is 0 Å². The largest absolute Gasteiger partial charge is 0.241 e. The molecule has 0 aliphatic carbocycles. The van der Waals surface area contributed by atoms with Crippen LogP contribution in [0, 0.1) is 6.92 Å². The molecule has 1 N–H and O–H groups in total. The number of hydrogen-bond donors (Lipinski definition) is 1. The average molecular weight is 406 g/mol. The van der Waals surface area contributed by atoms with Crippen molar-refractivity contribution < 1.29 is 8.42 Å². The maximum absolute atomic E-state index is 12.0. The van der Waals surface area contributed by atoms with Crippen molar-refractivity contribution in [3.05, 3.63) is 26.6 Å². The van der Waals surface area contributed by atoms with Crippen LogP contribution in [0.4, 0.5) is 0 Å². The molecule has 3 nitrogen and oxygen atoms in total.